The predicted octanol–water partition coefficient (Wildman–Crippen LogP) is 2.41. The summed E-state index contributed by atoms with van der Waals surface area (Å²) in [5, 5.41) is 8.85. The number of nitrogens with one attached hydrogen (secondary N) is 2. The highest BCUT2D eigenvalue weighted by Gasteiger charge is 2.03. The van der Waals surface area contributed by atoms with Gasteiger partial charge in [-0.3, -0.25) is 0 Å². The Bertz CT molecular complexity index is 556. The van der Waals surface area contributed by atoms with Crippen LogP contribution in [0.4, 0.5) is 0 Å². The fourth-order valence-corrected chi connectivity index (χ4v) is 1.59. The van der Waals surface area contributed by atoms with E-state index in [1.54, 1.807) is 0 Å². The van der Waals surface area contributed by atoms with Gasteiger partial charge in [-0.1, -0.05) is 0 Å². The number of imidazole rings is 1. The van der Waals surface area contributed by atoms with Gasteiger partial charge < -0.3 is 9.97 Å². The summed E-state index contributed by atoms with van der Waals surface area (Å²) in [4.78, 5) is 5.92. The molecule has 2 aromatic rings. The Labute approximate surface area is 80.0 Å². The maximum absolute atomic E-state index is 8.85. The molecule has 0 atom stereocenters. The molecule has 0 amide bonds. The van der Waals surface area contributed by atoms with Crippen molar-refractivity contribution in [3.8, 4) is 6.07 Å². The van der Waals surface area contributed by atoms with E-state index >= 15 is 0 Å². The van der Waals surface area contributed by atoms with Crippen molar-refractivity contribution in [1.82, 2.24) is 9.97 Å². The lowest BCUT2D eigenvalue weighted by Crippen LogP contribution is -1.80. The van der Waals surface area contributed by atoms with Gasteiger partial charge in [0.05, 0.1) is 16.6 Å². The molecule has 0 radical (unpaired) electrons. The fourth-order valence-electron chi connectivity index (χ4n) is 1.37. The van der Waals surface area contributed by atoms with Crippen LogP contribution in [-0.2, 0) is 0 Å². The van der Waals surface area contributed by atoms with Crippen molar-refractivity contribution in [1.29, 1.82) is 5.26 Å². The van der Waals surface area contributed by atoms with Gasteiger partial charge >= 0.3 is 0 Å². The molecule has 0 aliphatic rings. The van der Waals surface area contributed by atoms with Crippen molar-refractivity contribution in [3.63, 3.8) is 0 Å². The maximum Gasteiger partial charge on any atom is 0.175 e. The third-order valence-electron chi connectivity index (χ3n) is 1.89. The number of rotatable bonds is 0. The van der Waals surface area contributed by atoms with E-state index in [0.717, 1.165) is 16.6 Å². The molecule has 4 heteroatoms. The molecule has 0 aliphatic heterocycles. The predicted molar refractivity (Wildman–Crippen MR) is 52.9 cm³/mol. The minimum atomic E-state index is 0.553. The van der Waals surface area contributed by atoms with Crippen LogP contribution >= 0.6 is 12.2 Å². The summed E-state index contributed by atoms with van der Waals surface area (Å²) < 4.78 is 0.553. The van der Waals surface area contributed by atoms with Crippen molar-refractivity contribution < 1.29 is 0 Å². The standard InChI is InChI=1S/C9H7N3S/c1-5-2-6(4-10)8-7(3-5)11-9(13)12-8/h2-3H,1H3,(H2,11,12,13). The normalized spacial score (nSPS) is 10.2. The van der Waals surface area contributed by atoms with E-state index in [2.05, 4.69) is 16.0 Å². The lowest BCUT2D eigenvalue weighted by Gasteiger charge is -1.94. The number of aromatic amines is 2. The Balaban J connectivity index is 2.98. The van der Waals surface area contributed by atoms with Gasteiger partial charge in [0.25, 0.3) is 0 Å². The van der Waals surface area contributed by atoms with Crippen LogP contribution in [0.25, 0.3) is 11.0 Å². The summed E-state index contributed by atoms with van der Waals surface area (Å²) in [7, 11) is 0. The topological polar surface area (TPSA) is 55.4 Å². The van der Waals surface area contributed by atoms with Gasteiger partial charge in [0.15, 0.2) is 4.77 Å². The first kappa shape index (κ1) is 8.02. The summed E-state index contributed by atoms with van der Waals surface area (Å²) >= 11 is 4.94. The second kappa shape index (κ2) is 2.71. The Morgan fingerprint density at radius 1 is 1.38 bits per heavy atom. The number of nitrogens with zero attached hydrogens (tertiary/aromatic N) is 1. The summed E-state index contributed by atoms with van der Waals surface area (Å²) in [6.07, 6.45) is 0. The smallest absolute Gasteiger partial charge is 0.175 e. The van der Waals surface area contributed by atoms with Crippen LogP contribution in [0, 0.1) is 23.0 Å². The molecule has 0 unspecified atom stereocenters. The zero-order valence-electron chi connectivity index (χ0n) is 7.01. The minimum absolute atomic E-state index is 0.553. The zero-order valence-corrected chi connectivity index (χ0v) is 7.83. The van der Waals surface area contributed by atoms with Crippen LogP contribution in [0.2, 0.25) is 0 Å². The van der Waals surface area contributed by atoms with Crippen LogP contribution in [0.15, 0.2) is 12.1 Å². The molecule has 1 aromatic carbocycles. The minimum Gasteiger partial charge on any atom is -0.331 e. The van der Waals surface area contributed by atoms with E-state index in [0.29, 0.717) is 10.3 Å². The average molecular weight is 189 g/mol. The molecule has 0 aliphatic carbocycles. The number of aromatic nitrogens is 2. The van der Waals surface area contributed by atoms with E-state index in [-0.39, 0.29) is 0 Å². The molecule has 1 heterocycles. The largest absolute Gasteiger partial charge is 0.331 e. The van der Waals surface area contributed by atoms with Gasteiger partial charge in [0.1, 0.15) is 6.07 Å². The van der Waals surface area contributed by atoms with Crippen LogP contribution in [0.3, 0.4) is 0 Å². The number of hydrogen-bond donors (Lipinski definition) is 2. The van der Waals surface area contributed by atoms with Crippen molar-refractivity contribution in [3.05, 3.63) is 28.0 Å². The van der Waals surface area contributed by atoms with Crippen molar-refractivity contribution in [2.24, 2.45) is 0 Å². The molecule has 0 spiro atoms. The Morgan fingerprint density at radius 2 is 2.15 bits per heavy atom. The monoisotopic (exact) mass is 189 g/mol. The molecular weight excluding hydrogens is 182 g/mol. The number of hydrogen-bond acceptors (Lipinski definition) is 2. The lowest BCUT2D eigenvalue weighted by atomic mass is 10.1. The summed E-state index contributed by atoms with van der Waals surface area (Å²) in [5.41, 5.74) is 3.36. The number of nitriles is 1. The molecule has 0 fully saturated rings. The van der Waals surface area contributed by atoms with E-state index in [4.69, 9.17) is 17.5 Å². The SMILES string of the molecule is Cc1cc(C#N)c2[nH]c(=S)[nH]c2c1. The molecule has 1 aromatic heterocycles. The van der Waals surface area contributed by atoms with Gasteiger partial charge in [-0.2, -0.15) is 5.26 Å². The van der Waals surface area contributed by atoms with E-state index in [1.807, 2.05) is 19.1 Å². The number of fused-ring (bicyclic) bond motifs is 1. The summed E-state index contributed by atoms with van der Waals surface area (Å²) in [6, 6.07) is 5.92. The second-order valence-corrected chi connectivity index (χ2v) is 3.33. The highest BCUT2D eigenvalue weighted by Crippen LogP contribution is 2.16. The average Bonchev–Trinajstić information content (AvgIpc) is 2.43. The quantitative estimate of drug-likeness (QED) is 0.625. The van der Waals surface area contributed by atoms with Gasteiger partial charge in [-0.25, -0.2) is 0 Å². The maximum atomic E-state index is 8.85. The second-order valence-electron chi connectivity index (χ2n) is 2.93. The Hall–Kier alpha value is -1.60. The van der Waals surface area contributed by atoms with E-state index in [9.17, 15) is 0 Å². The third kappa shape index (κ3) is 1.23. The van der Waals surface area contributed by atoms with Crippen LogP contribution in [-0.4, -0.2) is 9.97 Å². The van der Waals surface area contributed by atoms with Crippen LogP contribution < -0.4 is 0 Å². The highest BCUT2D eigenvalue weighted by atomic mass is 32.1. The molecule has 3 nitrogen and oxygen atoms in total. The van der Waals surface area contributed by atoms with Gasteiger partial charge in [0, 0.05) is 0 Å². The van der Waals surface area contributed by atoms with E-state index in [1.165, 1.54) is 0 Å². The van der Waals surface area contributed by atoms with Crippen molar-refractivity contribution in [2.45, 2.75) is 6.92 Å². The van der Waals surface area contributed by atoms with Gasteiger partial charge in [-0.15, -0.1) is 0 Å². The first-order valence-corrected chi connectivity index (χ1v) is 4.24. The Kier molecular flexibility index (Phi) is 1.67. The van der Waals surface area contributed by atoms with Crippen molar-refractivity contribution in [2.75, 3.05) is 0 Å². The molecule has 0 saturated heterocycles. The zero-order chi connectivity index (χ0) is 9.42. The summed E-state index contributed by atoms with van der Waals surface area (Å²) in [6.45, 7) is 1.95. The van der Waals surface area contributed by atoms with Crippen LogP contribution in [0.1, 0.15) is 11.1 Å². The van der Waals surface area contributed by atoms with Crippen molar-refractivity contribution >= 4 is 23.3 Å². The number of benzene rings is 1. The van der Waals surface area contributed by atoms with Crippen LogP contribution in [0.5, 0.6) is 0 Å². The van der Waals surface area contributed by atoms with Gasteiger partial charge in [-0.05, 0) is 36.8 Å². The highest BCUT2D eigenvalue weighted by molar-refractivity contribution is 7.71. The number of H-pyrrole nitrogens is 2. The lowest BCUT2D eigenvalue weighted by molar-refractivity contribution is 1.30. The molecule has 0 bridgehead atoms. The first-order chi connectivity index (χ1) is 6.20. The molecule has 0 saturated carbocycles. The Morgan fingerprint density at radius 3 is 2.85 bits per heavy atom. The molecule has 2 N–H and O–H groups in total. The fraction of sp³-hybridized carbons (Fsp3) is 0.111. The first-order valence-electron chi connectivity index (χ1n) is 3.83. The molecule has 13 heavy (non-hydrogen) atoms. The summed E-state index contributed by atoms with van der Waals surface area (Å²) in [5.74, 6) is 0. The number of aryl methyl sites for hydroxylation is 1. The molecule has 64 valence electrons. The van der Waals surface area contributed by atoms with Gasteiger partial charge in [0.2, 0.25) is 0 Å². The van der Waals surface area contributed by atoms with E-state index < -0.39 is 0 Å². The third-order valence-corrected chi connectivity index (χ3v) is 2.09. The molecule has 2 rings (SSSR count). The molecular formula is C9H7N3S.